The quantitative estimate of drug-likeness (QED) is 0.851. The van der Waals surface area contributed by atoms with Gasteiger partial charge in [0.25, 0.3) is 5.91 Å². The summed E-state index contributed by atoms with van der Waals surface area (Å²) < 4.78 is 53.6. The van der Waals surface area contributed by atoms with Crippen molar-refractivity contribution >= 4 is 33.2 Å². The molecule has 0 aliphatic carbocycles. The lowest BCUT2D eigenvalue weighted by atomic mass is 10.2. The Balaban J connectivity index is 1.92. The summed E-state index contributed by atoms with van der Waals surface area (Å²) in [6.45, 7) is 0.785. The van der Waals surface area contributed by atoms with Crippen molar-refractivity contribution in [2.45, 2.75) is 17.7 Å². The summed E-state index contributed by atoms with van der Waals surface area (Å²) in [4.78, 5) is 12.2. The van der Waals surface area contributed by atoms with Crippen molar-refractivity contribution in [3.8, 4) is 0 Å². The van der Waals surface area contributed by atoms with Crippen molar-refractivity contribution in [2.24, 2.45) is 0 Å². The van der Waals surface area contributed by atoms with Crippen molar-refractivity contribution in [3.63, 3.8) is 0 Å². The number of carbonyl (C=O) groups excluding carboxylic acids is 1. The molecule has 1 aliphatic rings. The van der Waals surface area contributed by atoms with Crippen LogP contribution < -0.4 is 5.32 Å². The second-order valence-electron chi connectivity index (χ2n) is 5.83. The molecule has 1 amide bonds. The molecule has 0 unspecified atom stereocenters. The molecule has 138 valence electrons. The summed E-state index contributed by atoms with van der Waals surface area (Å²) in [5.41, 5.74) is -0.371. The van der Waals surface area contributed by atoms with Gasteiger partial charge in [0.05, 0.1) is 10.7 Å². The third-order valence-corrected chi connectivity index (χ3v) is 6.43. The predicted octanol–water partition coefficient (Wildman–Crippen LogP) is 3.66. The molecule has 5 nitrogen and oxygen atoms in total. The molecular weight excluding hydrogens is 386 g/mol. The first-order valence-electron chi connectivity index (χ1n) is 7.85. The molecule has 1 saturated heterocycles. The van der Waals surface area contributed by atoms with Crippen molar-refractivity contribution in [2.75, 3.05) is 18.4 Å². The average Bonchev–Trinajstić information content (AvgIpc) is 3.13. The van der Waals surface area contributed by atoms with Crippen LogP contribution >= 0.6 is 11.6 Å². The fourth-order valence-electron chi connectivity index (χ4n) is 2.70. The monoisotopic (exact) mass is 400 g/mol. The van der Waals surface area contributed by atoms with Crippen LogP contribution in [0.4, 0.5) is 14.5 Å². The van der Waals surface area contributed by atoms with E-state index in [1.54, 1.807) is 0 Å². The second-order valence-corrected chi connectivity index (χ2v) is 8.15. The van der Waals surface area contributed by atoms with Gasteiger partial charge in [-0.15, -0.1) is 0 Å². The number of sulfonamides is 1. The van der Waals surface area contributed by atoms with E-state index in [-0.39, 0.29) is 21.2 Å². The van der Waals surface area contributed by atoms with E-state index in [2.05, 4.69) is 5.32 Å². The van der Waals surface area contributed by atoms with Gasteiger partial charge in [-0.2, -0.15) is 4.31 Å². The van der Waals surface area contributed by atoms with Gasteiger partial charge in [0, 0.05) is 24.7 Å². The van der Waals surface area contributed by atoms with E-state index in [1.807, 2.05) is 0 Å². The molecule has 0 aromatic heterocycles. The van der Waals surface area contributed by atoms with E-state index in [0.29, 0.717) is 13.1 Å². The molecule has 3 rings (SSSR count). The van der Waals surface area contributed by atoms with Crippen molar-refractivity contribution in [1.29, 1.82) is 0 Å². The lowest BCUT2D eigenvalue weighted by molar-refractivity contribution is 0.102. The Morgan fingerprint density at radius 3 is 2.46 bits per heavy atom. The third-order valence-electron chi connectivity index (χ3n) is 4.05. The smallest absolute Gasteiger partial charge is 0.255 e. The number of amides is 1. The lowest BCUT2D eigenvalue weighted by Crippen LogP contribution is -2.28. The molecular formula is C17H15ClF2N2O3S. The maximum Gasteiger partial charge on any atom is 0.255 e. The molecule has 1 aliphatic heterocycles. The number of rotatable bonds is 4. The molecule has 2 aromatic carbocycles. The molecule has 1 N–H and O–H groups in total. The molecule has 0 saturated carbocycles. The van der Waals surface area contributed by atoms with Crippen LogP contribution in [0, 0.1) is 11.6 Å². The van der Waals surface area contributed by atoms with Crippen LogP contribution in [0.1, 0.15) is 23.2 Å². The number of benzene rings is 2. The van der Waals surface area contributed by atoms with Crippen molar-refractivity contribution < 1.29 is 22.0 Å². The van der Waals surface area contributed by atoms with Crippen molar-refractivity contribution in [3.05, 3.63) is 58.6 Å². The zero-order valence-corrected chi connectivity index (χ0v) is 15.1. The van der Waals surface area contributed by atoms with E-state index in [4.69, 9.17) is 11.6 Å². The second kappa shape index (κ2) is 7.30. The molecule has 0 bridgehead atoms. The standard InChI is InChI=1S/C17H15ClF2N2O3S/c18-13-5-3-11(9-16(13)26(24,25)22-7-1-2-8-22)17(23)21-15-10-12(19)4-6-14(15)20/h3-6,9-10H,1-2,7-8H2,(H,21,23). The van der Waals surface area contributed by atoms with E-state index < -0.39 is 27.6 Å². The molecule has 26 heavy (non-hydrogen) atoms. The number of nitrogens with one attached hydrogen (secondary N) is 1. The van der Waals surface area contributed by atoms with Gasteiger partial charge in [-0.3, -0.25) is 4.79 Å². The number of hydrogen-bond donors (Lipinski definition) is 1. The fraction of sp³-hybridized carbons (Fsp3) is 0.235. The molecule has 1 heterocycles. The first kappa shape index (κ1) is 18.8. The van der Waals surface area contributed by atoms with Crippen LogP contribution in [0.25, 0.3) is 0 Å². The number of halogens is 3. The molecule has 9 heteroatoms. The maximum absolute atomic E-state index is 13.7. The lowest BCUT2D eigenvalue weighted by Gasteiger charge is -2.17. The zero-order chi connectivity index (χ0) is 18.9. The Labute approximate surface area is 154 Å². The van der Waals surface area contributed by atoms with E-state index in [9.17, 15) is 22.0 Å². The number of nitrogens with zero attached hydrogens (tertiary/aromatic N) is 1. The summed E-state index contributed by atoms with van der Waals surface area (Å²) in [5, 5.41) is 2.22. The van der Waals surface area contributed by atoms with Crippen LogP contribution in [0.5, 0.6) is 0 Å². The van der Waals surface area contributed by atoms with Crippen LogP contribution in [-0.2, 0) is 10.0 Å². The highest BCUT2D eigenvalue weighted by molar-refractivity contribution is 7.89. The van der Waals surface area contributed by atoms with Crippen LogP contribution in [-0.4, -0.2) is 31.7 Å². The van der Waals surface area contributed by atoms with Crippen LogP contribution in [0.3, 0.4) is 0 Å². The number of carbonyl (C=O) groups is 1. The Bertz CT molecular complexity index is 960. The largest absolute Gasteiger partial charge is 0.319 e. The minimum atomic E-state index is -3.83. The highest BCUT2D eigenvalue weighted by Gasteiger charge is 2.29. The molecule has 1 fully saturated rings. The van der Waals surface area contributed by atoms with Gasteiger partial charge < -0.3 is 5.32 Å². The first-order chi connectivity index (χ1) is 12.3. The average molecular weight is 401 g/mol. The van der Waals surface area contributed by atoms with Gasteiger partial charge in [-0.1, -0.05) is 11.6 Å². The maximum atomic E-state index is 13.7. The summed E-state index contributed by atoms with van der Waals surface area (Å²) in [6.07, 6.45) is 1.52. The summed E-state index contributed by atoms with van der Waals surface area (Å²) >= 11 is 6.02. The Kier molecular flexibility index (Phi) is 5.27. The summed E-state index contributed by atoms with van der Waals surface area (Å²) in [5.74, 6) is -2.29. The predicted molar refractivity (Wildman–Crippen MR) is 93.8 cm³/mol. The van der Waals surface area contributed by atoms with Crippen LogP contribution in [0.2, 0.25) is 5.02 Å². The van der Waals surface area contributed by atoms with Gasteiger partial charge in [-0.05, 0) is 43.2 Å². The van der Waals surface area contributed by atoms with E-state index in [0.717, 1.165) is 37.1 Å². The van der Waals surface area contributed by atoms with Crippen LogP contribution in [0.15, 0.2) is 41.3 Å². The zero-order valence-electron chi connectivity index (χ0n) is 13.5. The van der Waals surface area contributed by atoms with Gasteiger partial charge in [0.2, 0.25) is 10.0 Å². The fourth-order valence-corrected chi connectivity index (χ4v) is 4.72. The van der Waals surface area contributed by atoms with E-state index >= 15 is 0 Å². The summed E-state index contributed by atoms with van der Waals surface area (Å²) in [7, 11) is -3.83. The summed E-state index contributed by atoms with van der Waals surface area (Å²) in [6, 6.07) is 6.40. The number of anilines is 1. The first-order valence-corrected chi connectivity index (χ1v) is 9.67. The Morgan fingerprint density at radius 1 is 1.08 bits per heavy atom. The van der Waals surface area contributed by atoms with Gasteiger partial charge >= 0.3 is 0 Å². The molecule has 0 atom stereocenters. The SMILES string of the molecule is O=C(Nc1cc(F)ccc1F)c1ccc(Cl)c(S(=O)(=O)N2CCCC2)c1. The highest BCUT2D eigenvalue weighted by Crippen LogP contribution is 2.28. The van der Waals surface area contributed by atoms with Crippen molar-refractivity contribution in [1.82, 2.24) is 4.31 Å². The number of hydrogen-bond acceptors (Lipinski definition) is 3. The Morgan fingerprint density at radius 2 is 1.77 bits per heavy atom. The minimum absolute atomic E-state index is 0.00890. The molecule has 2 aromatic rings. The third kappa shape index (κ3) is 3.72. The minimum Gasteiger partial charge on any atom is -0.319 e. The normalized spacial score (nSPS) is 15.2. The van der Waals surface area contributed by atoms with Gasteiger partial charge in [0.1, 0.15) is 16.5 Å². The van der Waals surface area contributed by atoms with Gasteiger partial charge in [0.15, 0.2) is 0 Å². The molecule has 0 radical (unpaired) electrons. The topological polar surface area (TPSA) is 66.5 Å². The highest BCUT2D eigenvalue weighted by atomic mass is 35.5. The van der Waals surface area contributed by atoms with Gasteiger partial charge in [-0.25, -0.2) is 17.2 Å². The Hall–Kier alpha value is -2.03. The molecule has 0 spiro atoms. The van der Waals surface area contributed by atoms with E-state index in [1.165, 1.54) is 16.4 Å².